The lowest BCUT2D eigenvalue weighted by Gasteiger charge is -2.35. The van der Waals surface area contributed by atoms with Gasteiger partial charge in [-0.05, 0) is 25.5 Å². The van der Waals surface area contributed by atoms with Crippen LogP contribution in [-0.4, -0.2) is 50.6 Å². The number of nitrogens with zero attached hydrogens (tertiary/aromatic N) is 4. The summed E-state index contributed by atoms with van der Waals surface area (Å²) in [5, 5.41) is 0. The molecule has 1 fully saturated rings. The lowest BCUT2D eigenvalue weighted by Crippen LogP contribution is -2.48. The van der Waals surface area contributed by atoms with E-state index in [0.717, 1.165) is 11.2 Å². The van der Waals surface area contributed by atoms with Crippen LogP contribution in [0.2, 0.25) is 0 Å². The maximum atomic E-state index is 12.8. The zero-order valence-electron chi connectivity index (χ0n) is 15.0. The standard InChI is InChI=1S/C20H22N4O2/c1-14-10-23(11-15(2)26-14)20(25)17-8-18-19(21-9-17)24(13-22-18)12-16-6-4-3-5-7-16/h3-9,13-15H,10-12H2,1-2H3/t14-,15+. The Kier molecular flexibility index (Phi) is 4.42. The molecule has 134 valence electrons. The normalized spacial score (nSPS) is 20.5. The van der Waals surface area contributed by atoms with E-state index in [1.54, 1.807) is 12.5 Å². The highest BCUT2D eigenvalue weighted by Crippen LogP contribution is 2.18. The molecule has 3 heterocycles. The number of fused-ring (bicyclic) bond motifs is 1. The van der Waals surface area contributed by atoms with Gasteiger partial charge in [-0.15, -0.1) is 0 Å². The minimum absolute atomic E-state index is 0.0148. The van der Waals surface area contributed by atoms with Gasteiger partial charge in [0.05, 0.1) is 30.6 Å². The number of hydrogen-bond acceptors (Lipinski definition) is 4. The summed E-state index contributed by atoms with van der Waals surface area (Å²) in [7, 11) is 0. The van der Waals surface area contributed by atoms with Gasteiger partial charge in [0.15, 0.2) is 5.65 Å². The van der Waals surface area contributed by atoms with Gasteiger partial charge in [-0.1, -0.05) is 30.3 Å². The Morgan fingerprint density at radius 2 is 1.88 bits per heavy atom. The molecule has 0 radical (unpaired) electrons. The van der Waals surface area contributed by atoms with E-state index >= 15 is 0 Å². The van der Waals surface area contributed by atoms with Crippen molar-refractivity contribution in [3.63, 3.8) is 0 Å². The summed E-state index contributed by atoms with van der Waals surface area (Å²) in [6.45, 7) is 5.88. The van der Waals surface area contributed by atoms with Crippen LogP contribution >= 0.6 is 0 Å². The van der Waals surface area contributed by atoms with Gasteiger partial charge in [-0.2, -0.15) is 0 Å². The van der Waals surface area contributed by atoms with E-state index in [2.05, 4.69) is 22.1 Å². The quantitative estimate of drug-likeness (QED) is 0.729. The van der Waals surface area contributed by atoms with Gasteiger partial charge in [0.1, 0.15) is 5.52 Å². The van der Waals surface area contributed by atoms with Crippen LogP contribution in [0.3, 0.4) is 0 Å². The predicted octanol–water partition coefficient (Wildman–Crippen LogP) is 2.73. The van der Waals surface area contributed by atoms with Crippen molar-refractivity contribution in [3.8, 4) is 0 Å². The second-order valence-corrected chi connectivity index (χ2v) is 6.89. The highest BCUT2D eigenvalue weighted by Gasteiger charge is 2.27. The first kappa shape index (κ1) is 16.7. The molecule has 0 aliphatic carbocycles. The van der Waals surface area contributed by atoms with Crippen molar-refractivity contribution in [2.24, 2.45) is 0 Å². The number of hydrogen-bond donors (Lipinski definition) is 0. The number of pyridine rings is 1. The predicted molar refractivity (Wildman–Crippen MR) is 99.0 cm³/mol. The molecule has 1 aliphatic rings. The lowest BCUT2D eigenvalue weighted by atomic mass is 10.2. The van der Waals surface area contributed by atoms with Crippen LogP contribution in [0.25, 0.3) is 11.2 Å². The average Bonchev–Trinajstić information content (AvgIpc) is 3.03. The number of carbonyl (C=O) groups is 1. The van der Waals surface area contributed by atoms with Crippen molar-refractivity contribution in [2.45, 2.75) is 32.6 Å². The van der Waals surface area contributed by atoms with Gasteiger partial charge in [0.2, 0.25) is 0 Å². The van der Waals surface area contributed by atoms with Crippen LogP contribution in [-0.2, 0) is 11.3 Å². The Morgan fingerprint density at radius 3 is 2.62 bits per heavy atom. The van der Waals surface area contributed by atoms with Crippen molar-refractivity contribution in [2.75, 3.05) is 13.1 Å². The molecule has 0 spiro atoms. The molecule has 1 saturated heterocycles. The molecule has 4 rings (SSSR count). The van der Waals surface area contributed by atoms with Gasteiger partial charge in [0.25, 0.3) is 5.91 Å². The first-order valence-corrected chi connectivity index (χ1v) is 8.89. The van der Waals surface area contributed by atoms with Crippen LogP contribution in [0.15, 0.2) is 48.9 Å². The fourth-order valence-electron chi connectivity index (χ4n) is 3.49. The van der Waals surface area contributed by atoms with Gasteiger partial charge >= 0.3 is 0 Å². The zero-order chi connectivity index (χ0) is 18.1. The number of amides is 1. The second-order valence-electron chi connectivity index (χ2n) is 6.89. The Morgan fingerprint density at radius 1 is 1.15 bits per heavy atom. The number of ether oxygens (including phenoxy) is 1. The summed E-state index contributed by atoms with van der Waals surface area (Å²) >= 11 is 0. The molecule has 2 atom stereocenters. The molecule has 3 aromatic rings. The Labute approximate surface area is 152 Å². The second kappa shape index (κ2) is 6.88. The summed E-state index contributed by atoms with van der Waals surface area (Å²) in [6, 6.07) is 12.0. The van der Waals surface area contributed by atoms with Crippen LogP contribution in [0.1, 0.15) is 29.8 Å². The average molecular weight is 350 g/mol. The third kappa shape index (κ3) is 3.32. The molecular weight excluding hydrogens is 328 g/mol. The van der Waals surface area contributed by atoms with E-state index in [-0.39, 0.29) is 18.1 Å². The zero-order valence-corrected chi connectivity index (χ0v) is 15.0. The topological polar surface area (TPSA) is 60.2 Å². The number of imidazole rings is 1. The number of aromatic nitrogens is 3. The highest BCUT2D eigenvalue weighted by molar-refractivity contribution is 5.96. The van der Waals surface area contributed by atoms with Crippen molar-refractivity contribution in [1.29, 1.82) is 0 Å². The van der Waals surface area contributed by atoms with Crippen molar-refractivity contribution >= 4 is 17.1 Å². The molecule has 6 nitrogen and oxygen atoms in total. The first-order chi connectivity index (χ1) is 12.6. The number of morpholine rings is 1. The van der Waals surface area contributed by atoms with E-state index in [1.807, 2.05) is 47.6 Å². The summed E-state index contributed by atoms with van der Waals surface area (Å²) in [6.07, 6.45) is 3.52. The summed E-state index contributed by atoms with van der Waals surface area (Å²) in [5.74, 6) is -0.0148. The van der Waals surface area contributed by atoms with Crippen LogP contribution in [0, 0.1) is 0 Å². The van der Waals surface area contributed by atoms with Gasteiger partial charge < -0.3 is 14.2 Å². The summed E-state index contributed by atoms with van der Waals surface area (Å²) < 4.78 is 7.71. The third-order valence-electron chi connectivity index (χ3n) is 4.61. The minimum atomic E-state index is -0.0148. The smallest absolute Gasteiger partial charge is 0.255 e. The van der Waals surface area contributed by atoms with Crippen LogP contribution in [0.4, 0.5) is 0 Å². The van der Waals surface area contributed by atoms with Crippen molar-refractivity contribution in [3.05, 3.63) is 60.0 Å². The molecule has 1 aliphatic heterocycles. The minimum Gasteiger partial charge on any atom is -0.372 e. The monoisotopic (exact) mass is 350 g/mol. The molecule has 0 bridgehead atoms. The summed E-state index contributed by atoms with van der Waals surface area (Å²) in [5.41, 5.74) is 3.28. The number of benzene rings is 1. The highest BCUT2D eigenvalue weighted by atomic mass is 16.5. The van der Waals surface area contributed by atoms with E-state index in [1.165, 1.54) is 5.56 Å². The molecule has 6 heteroatoms. The van der Waals surface area contributed by atoms with E-state index in [4.69, 9.17) is 4.74 Å². The fourth-order valence-corrected chi connectivity index (χ4v) is 3.49. The van der Waals surface area contributed by atoms with E-state index in [0.29, 0.717) is 25.2 Å². The largest absolute Gasteiger partial charge is 0.372 e. The maximum Gasteiger partial charge on any atom is 0.255 e. The van der Waals surface area contributed by atoms with E-state index < -0.39 is 0 Å². The maximum absolute atomic E-state index is 12.8. The lowest BCUT2D eigenvalue weighted by molar-refractivity contribution is -0.0586. The molecule has 1 aromatic carbocycles. The van der Waals surface area contributed by atoms with Gasteiger partial charge in [-0.3, -0.25) is 4.79 Å². The van der Waals surface area contributed by atoms with E-state index in [9.17, 15) is 4.79 Å². The van der Waals surface area contributed by atoms with Gasteiger partial charge in [-0.25, -0.2) is 9.97 Å². The Bertz CT molecular complexity index is 912. The van der Waals surface area contributed by atoms with Gasteiger partial charge in [0, 0.05) is 19.3 Å². The number of rotatable bonds is 3. The molecule has 0 unspecified atom stereocenters. The fraction of sp³-hybridized carbons (Fsp3) is 0.350. The molecular formula is C20H22N4O2. The van der Waals surface area contributed by atoms with Crippen LogP contribution < -0.4 is 0 Å². The van der Waals surface area contributed by atoms with Crippen molar-refractivity contribution < 1.29 is 9.53 Å². The Balaban J connectivity index is 1.57. The number of carbonyl (C=O) groups excluding carboxylic acids is 1. The summed E-state index contributed by atoms with van der Waals surface area (Å²) in [4.78, 5) is 23.6. The Hall–Kier alpha value is -2.73. The SMILES string of the molecule is C[C@@H]1CN(C(=O)c2cnc3c(c2)ncn3Cc2ccccc2)C[C@H](C)O1. The van der Waals surface area contributed by atoms with Crippen molar-refractivity contribution in [1.82, 2.24) is 19.4 Å². The molecule has 2 aromatic heterocycles. The first-order valence-electron chi connectivity index (χ1n) is 8.89. The third-order valence-corrected chi connectivity index (χ3v) is 4.61. The molecule has 1 amide bonds. The molecule has 26 heavy (non-hydrogen) atoms. The molecule has 0 N–H and O–H groups in total. The molecule has 0 saturated carbocycles. The van der Waals surface area contributed by atoms with Crippen LogP contribution in [0.5, 0.6) is 0 Å².